The fraction of sp³-hybridized carbons (Fsp3) is 0.150. The first kappa shape index (κ1) is 20.7. The van der Waals surface area contributed by atoms with Crippen molar-refractivity contribution in [1.29, 1.82) is 5.26 Å². The average molecular weight is 415 g/mol. The molecule has 154 valence electrons. The van der Waals surface area contributed by atoms with E-state index in [9.17, 15) is 18.4 Å². The molecule has 0 bridgehead atoms. The number of hydrogen-bond acceptors (Lipinski definition) is 7. The zero-order valence-electron chi connectivity index (χ0n) is 15.7. The minimum atomic E-state index is -4.47. The highest BCUT2D eigenvalue weighted by molar-refractivity contribution is 5.79. The van der Waals surface area contributed by atoms with Gasteiger partial charge in [-0.1, -0.05) is 18.2 Å². The van der Waals surface area contributed by atoms with Gasteiger partial charge in [0.2, 0.25) is 5.95 Å². The lowest BCUT2D eigenvalue weighted by atomic mass is 10.0. The maximum atomic E-state index is 13.0. The van der Waals surface area contributed by atoms with E-state index in [1.54, 1.807) is 18.2 Å². The third-order valence-electron chi connectivity index (χ3n) is 4.16. The molecule has 0 saturated carbocycles. The smallest absolute Gasteiger partial charge is 0.416 e. The number of nitriles is 1. The molecule has 0 spiro atoms. The molecule has 0 aliphatic heterocycles. The number of halogens is 3. The summed E-state index contributed by atoms with van der Waals surface area (Å²) in [5.41, 5.74) is 11.4. The van der Waals surface area contributed by atoms with Crippen LogP contribution in [0.1, 0.15) is 16.7 Å². The highest BCUT2D eigenvalue weighted by Crippen LogP contribution is 2.40. The number of ether oxygens (including phenoxy) is 2. The first-order chi connectivity index (χ1) is 14.2. The molecule has 30 heavy (non-hydrogen) atoms. The summed E-state index contributed by atoms with van der Waals surface area (Å²) in [5.74, 6) is 0.213. The van der Waals surface area contributed by atoms with Crippen molar-refractivity contribution in [2.24, 2.45) is 0 Å². The predicted molar refractivity (Wildman–Crippen MR) is 103 cm³/mol. The summed E-state index contributed by atoms with van der Waals surface area (Å²) in [7, 11) is 1.41. The van der Waals surface area contributed by atoms with Crippen LogP contribution in [0.2, 0.25) is 0 Å². The van der Waals surface area contributed by atoms with Gasteiger partial charge in [-0.3, -0.25) is 0 Å². The third-order valence-corrected chi connectivity index (χ3v) is 4.16. The van der Waals surface area contributed by atoms with Gasteiger partial charge in [0.25, 0.3) is 0 Å². The van der Waals surface area contributed by atoms with E-state index in [0.717, 1.165) is 12.1 Å². The molecule has 0 unspecified atom stereocenters. The van der Waals surface area contributed by atoms with Gasteiger partial charge in [-0.05, 0) is 29.8 Å². The van der Waals surface area contributed by atoms with E-state index >= 15 is 0 Å². The molecule has 3 rings (SSSR count). The lowest BCUT2D eigenvalue weighted by molar-refractivity contribution is -0.137. The van der Waals surface area contributed by atoms with Crippen molar-refractivity contribution >= 4 is 11.8 Å². The van der Waals surface area contributed by atoms with Gasteiger partial charge in [-0.15, -0.1) is 0 Å². The second-order valence-electron chi connectivity index (χ2n) is 6.13. The zero-order valence-corrected chi connectivity index (χ0v) is 15.7. The van der Waals surface area contributed by atoms with Crippen LogP contribution >= 0.6 is 0 Å². The SMILES string of the molecule is COc1cccc(-c2nc(N)nc(N)c2C#N)c1OCc1cccc(C(F)(F)F)c1. The van der Waals surface area contributed by atoms with Crippen LogP contribution in [0.15, 0.2) is 42.5 Å². The quantitative estimate of drug-likeness (QED) is 0.650. The molecule has 7 nitrogen and oxygen atoms in total. The molecule has 4 N–H and O–H groups in total. The fourth-order valence-corrected chi connectivity index (χ4v) is 2.81. The number of hydrogen-bond donors (Lipinski definition) is 2. The Morgan fingerprint density at radius 1 is 1.10 bits per heavy atom. The summed E-state index contributed by atoms with van der Waals surface area (Å²) in [6.07, 6.45) is -4.47. The van der Waals surface area contributed by atoms with Gasteiger partial charge < -0.3 is 20.9 Å². The summed E-state index contributed by atoms with van der Waals surface area (Å²) >= 11 is 0. The Balaban J connectivity index is 2.04. The highest BCUT2D eigenvalue weighted by atomic mass is 19.4. The summed E-state index contributed by atoms with van der Waals surface area (Å²) in [6, 6.07) is 11.5. The summed E-state index contributed by atoms with van der Waals surface area (Å²) in [4.78, 5) is 7.86. The van der Waals surface area contributed by atoms with Gasteiger partial charge >= 0.3 is 6.18 Å². The van der Waals surface area contributed by atoms with Crippen LogP contribution in [0.3, 0.4) is 0 Å². The van der Waals surface area contributed by atoms with E-state index in [4.69, 9.17) is 20.9 Å². The first-order valence-corrected chi connectivity index (χ1v) is 8.54. The van der Waals surface area contributed by atoms with E-state index in [0.29, 0.717) is 16.9 Å². The Hall–Kier alpha value is -4.00. The Labute approximate surface area is 169 Å². The number of nitrogens with two attached hydrogens (primary N) is 2. The van der Waals surface area contributed by atoms with Crippen molar-refractivity contribution in [3.8, 4) is 28.8 Å². The lowest BCUT2D eigenvalue weighted by Gasteiger charge is -2.16. The molecule has 2 aromatic carbocycles. The number of para-hydroxylation sites is 1. The molecule has 0 saturated heterocycles. The molecule has 0 amide bonds. The number of methoxy groups -OCH3 is 1. The van der Waals surface area contributed by atoms with E-state index in [1.807, 2.05) is 6.07 Å². The topological polar surface area (TPSA) is 120 Å². The fourth-order valence-electron chi connectivity index (χ4n) is 2.81. The van der Waals surface area contributed by atoms with Gasteiger partial charge in [0, 0.05) is 5.56 Å². The van der Waals surface area contributed by atoms with Crippen molar-refractivity contribution in [3.63, 3.8) is 0 Å². The number of rotatable bonds is 5. The third kappa shape index (κ3) is 4.20. The zero-order chi connectivity index (χ0) is 21.9. The molecular formula is C20H16F3N5O2. The molecule has 0 radical (unpaired) electrons. The van der Waals surface area contributed by atoms with Gasteiger partial charge in [-0.25, -0.2) is 4.98 Å². The van der Waals surface area contributed by atoms with Crippen LogP contribution in [0, 0.1) is 11.3 Å². The van der Waals surface area contributed by atoms with Crippen molar-refractivity contribution in [2.75, 3.05) is 18.6 Å². The standard InChI is InChI=1S/C20H16F3N5O2/c1-29-15-7-3-6-13(16-14(9-24)18(25)28-19(26)27-16)17(15)30-10-11-4-2-5-12(8-11)20(21,22)23/h2-8H,10H2,1H3,(H4,25,26,27,28). The summed E-state index contributed by atoms with van der Waals surface area (Å²) in [6.45, 7) is -0.185. The van der Waals surface area contributed by atoms with Crippen molar-refractivity contribution in [2.45, 2.75) is 12.8 Å². The van der Waals surface area contributed by atoms with Crippen LogP contribution in [0.25, 0.3) is 11.3 Å². The minimum absolute atomic E-state index is 0.0126. The van der Waals surface area contributed by atoms with E-state index in [2.05, 4.69) is 9.97 Å². The minimum Gasteiger partial charge on any atom is -0.493 e. The van der Waals surface area contributed by atoms with Gasteiger partial charge in [-0.2, -0.15) is 23.4 Å². The second kappa shape index (κ2) is 8.16. The number of anilines is 2. The molecule has 1 heterocycles. The average Bonchev–Trinajstić information content (AvgIpc) is 2.71. The molecular weight excluding hydrogens is 399 g/mol. The van der Waals surface area contributed by atoms with Crippen molar-refractivity contribution in [1.82, 2.24) is 9.97 Å². The molecule has 3 aromatic rings. The molecule has 0 aliphatic carbocycles. The largest absolute Gasteiger partial charge is 0.493 e. The Morgan fingerprint density at radius 2 is 1.83 bits per heavy atom. The van der Waals surface area contributed by atoms with Crippen LogP contribution in [-0.4, -0.2) is 17.1 Å². The summed E-state index contributed by atoms with van der Waals surface area (Å²) < 4.78 is 50.0. The van der Waals surface area contributed by atoms with E-state index in [-0.39, 0.29) is 35.4 Å². The molecule has 0 fully saturated rings. The summed E-state index contributed by atoms with van der Waals surface area (Å²) in [5, 5.41) is 9.45. The normalized spacial score (nSPS) is 11.0. The van der Waals surface area contributed by atoms with Gasteiger partial charge in [0.15, 0.2) is 11.5 Å². The van der Waals surface area contributed by atoms with Crippen LogP contribution in [-0.2, 0) is 12.8 Å². The number of alkyl halides is 3. The monoisotopic (exact) mass is 415 g/mol. The van der Waals surface area contributed by atoms with E-state index in [1.165, 1.54) is 19.2 Å². The highest BCUT2D eigenvalue weighted by Gasteiger charge is 2.30. The van der Waals surface area contributed by atoms with Crippen LogP contribution in [0.4, 0.5) is 24.9 Å². The number of nitrogen functional groups attached to an aromatic ring is 2. The van der Waals surface area contributed by atoms with Crippen LogP contribution < -0.4 is 20.9 Å². The number of benzene rings is 2. The Kier molecular flexibility index (Phi) is 5.64. The Morgan fingerprint density at radius 3 is 2.50 bits per heavy atom. The van der Waals surface area contributed by atoms with Crippen molar-refractivity contribution in [3.05, 3.63) is 59.2 Å². The maximum Gasteiger partial charge on any atom is 0.416 e. The van der Waals surface area contributed by atoms with Gasteiger partial charge in [0.1, 0.15) is 24.1 Å². The second-order valence-corrected chi connectivity index (χ2v) is 6.13. The lowest BCUT2D eigenvalue weighted by Crippen LogP contribution is -2.07. The van der Waals surface area contributed by atoms with E-state index < -0.39 is 11.7 Å². The molecule has 10 heteroatoms. The number of nitrogens with zero attached hydrogens (tertiary/aromatic N) is 3. The van der Waals surface area contributed by atoms with Crippen LogP contribution in [0.5, 0.6) is 11.5 Å². The maximum absolute atomic E-state index is 13.0. The molecule has 0 atom stereocenters. The molecule has 1 aromatic heterocycles. The molecule has 0 aliphatic rings. The van der Waals surface area contributed by atoms with Gasteiger partial charge in [0.05, 0.1) is 18.4 Å². The van der Waals surface area contributed by atoms with Crippen molar-refractivity contribution < 1.29 is 22.6 Å². The number of aromatic nitrogens is 2. The Bertz CT molecular complexity index is 1130. The first-order valence-electron chi connectivity index (χ1n) is 8.54. The predicted octanol–water partition coefficient (Wildman–Crippen LogP) is 3.79.